The zero-order valence-electron chi connectivity index (χ0n) is 13.4. The van der Waals surface area contributed by atoms with E-state index in [2.05, 4.69) is 4.98 Å². The van der Waals surface area contributed by atoms with Crippen molar-refractivity contribution >= 4 is 22.7 Å². The number of β-amino-alcohol motifs (C(OH)–C–C–N with tert-alkyl or cyclic N) is 1. The molecule has 2 amide bonds. The zero-order valence-corrected chi connectivity index (χ0v) is 13.4. The van der Waals surface area contributed by atoms with Crippen molar-refractivity contribution in [2.24, 2.45) is 0 Å². The van der Waals surface area contributed by atoms with Crippen LogP contribution in [-0.4, -0.2) is 64.0 Å². The van der Waals surface area contributed by atoms with Crippen LogP contribution in [0.2, 0.25) is 0 Å². The zero-order chi connectivity index (χ0) is 17.3. The Hall–Kier alpha value is -2.67. The number of aromatic amines is 1. The van der Waals surface area contributed by atoms with Gasteiger partial charge in [0.25, 0.3) is 11.5 Å². The van der Waals surface area contributed by atoms with Gasteiger partial charge in [0.1, 0.15) is 5.56 Å². The second kappa shape index (κ2) is 6.45. The van der Waals surface area contributed by atoms with Crippen LogP contribution >= 0.6 is 0 Å². The fourth-order valence-electron chi connectivity index (χ4n) is 2.94. The van der Waals surface area contributed by atoms with Gasteiger partial charge in [-0.1, -0.05) is 18.2 Å². The molecule has 7 heteroatoms. The molecule has 1 fully saturated rings. The Morgan fingerprint density at radius 2 is 1.83 bits per heavy atom. The number of pyridine rings is 1. The maximum Gasteiger partial charge on any atom is 0.261 e. The predicted octanol–water partition coefficient (Wildman–Crippen LogP) is 0.193. The minimum atomic E-state index is -0.833. The Balaban J connectivity index is 1.90. The summed E-state index contributed by atoms with van der Waals surface area (Å²) in [6.45, 7) is 2.33. The molecule has 0 bridgehead atoms. The fourth-order valence-corrected chi connectivity index (χ4v) is 2.94. The van der Waals surface area contributed by atoms with E-state index in [-0.39, 0.29) is 31.1 Å². The number of hydrogen-bond acceptors (Lipinski definition) is 4. The number of para-hydroxylation sites is 1. The molecule has 126 valence electrons. The predicted molar refractivity (Wildman–Crippen MR) is 88.7 cm³/mol. The van der Waals surface area contributed by atoms with Crippen molar-refractivity contribution in [3.63, 3.8) is 0 Å². The molecule has 1 atom stereocenters. The second-order valence-corrected chi connectivity index (χ2v) is 5.97. The molecule has 1 saturated heterocycles. The molecule has 1 aliphatic rings. The van der Waals surface area contributed by atoms with Crippen LogP contribution in [0.15, 0.2) is 35.1 Å². The summed E-state index contributed by atoms with van der Waals surface area (Å²) in [5.41, 5.74) is 0.246. The third-order valence-corrected chi connectivity index (χ3v) is 4.22. The summed E-state index contributed by atoms with van der Waals surface area (Å²) in [6, 6.07) is 8.79. The van der Waals surface area contributed by atoms with Crippen molar-refractivity contribution in [3.8, 4) is 0 Å². The number of aliphatic hydroxyl groups excluding tert-OH is 1. The first kappa shape index (κ1) is 16.2. The number of benzene rings is 1. The van der Waals surface area contributed by atoms with Gasteiger partial charge in [0.15, 0.2) is 0 Å². The van der Waals surface area contributed by atoms with Crippen molar-refractivity contribution in [1.29, 1.82) is 0 Å². The molecule has 7 nitrogen and oxygen atoms in total. The first-order valence-corrected chi connectivity index (χ1v) is 7.80. The molecule has 2 heterocycles. The lowest BCUT2D eigenvalue weighted by atomic mass is 10.1. The van der Waals surface area contributed by atoms with Gasteiger partial charge in [0.05, 0.1) is 6.10 Å². The van der Waals surface area contributed by atoms with E-state index >= 15 is 0 Å². The van der Waals surface area contributed by atoms with Gasteiger partial charge >= 0.3 is 0 Å². The lowest BCUT2D eigenvalue weighted by molar-refractivity contribution is -0.129. The number of aromatic nitrogens is 1. The number of hydrogen-bond donors (Lipinski definition) is 2. The lowest BCUT2D eigenvalue weighted by Crippen LogP contribution is -2.40. The maximum absolute atomic E-state index is 12.7. The van der Waals surface area contributed by atoms with Crippen molar-refractivity contribution in [2.45, 2.75) is 13.0 Å². The molecular formula is C17H19N3O4. The molecule has 0 saturated carbocycles. The number of rotatable bonds is 1. The molecule has 24 heavy (non-hydrogen) atoms. The van der Waals surface area contributed by atoms with Crippen LogP contribution in [0.1, 0.15) is 17.3 Å². The molecule has 1 aromatic carbocycles. The summed E-state index contributed by atoms with van der Waals surface area (Å²) >= 11 is 0. The molecule has 0 aliphatic carbocycles. The van der Waals surface area contributed by atoms with Crippen LogP contribution in [0.25, 0.3) is 10.9 Å². The van der Waals surface area contributed by atoms with E-state index in [1.54, 1.807) is 18.2 Å². The van der Waals surface area contributed by atoms with E-state index in [9.17, 15) is 19.5 Å². The van der Waals surface area contributed by atoms with E-state index < -0.39 is 17.6 Å². The van der Waals surface area contributed by atoms with Gasteiger partial charge in [-0.25, -0.2) is 0 Å². The molecule has 2 aromatic rings. The van der Waals surface area contributed by atoms with Crippen LogP contribution in [-0.2, 0) is 4.79 Å². The Bertz CT molecular complexity index is 845. The quantitative estimate of drug-likeness (QED) is 0.781. The Kier molecular flexibility index (Phi) is 4.35. The van der Waals surface area contributed by atoms with Gasteiger partial charge in [0.2, 0.25) is 5.91 Å². The first-order valence-electron chi connectivity index (χ1n) is 7.80. The van der Waals surface area contributed by atoms with E-state index in [0.717, 1.165) is 5.39 Å². The Morgan fingerprint density at radius 1 is 1.17 bits per heavy atom. The van der Waals surface area contributed by atoms with Gasteiger partial charge in [-0.2, -0.15) is 0 Å². The van der Waals surface area contributed by atoms with Crippen LogP contribution in [0.5, 0.6) is 0 Å². The highest BCUT2D eigenvalue weighted by Crippen LogP contribution is 2.13. The van der Waals surface area contributed by atoms with Crippen LogP contribution in [0.4, 0.5) is 0 Å². The molecule has 0 radical (unpaired) electrons. The summed E-state index contributed by atoms with van der Waals surface area (Å²) in [5.74, 6) is -0.585. The third-order valence-electron chi connectivity index (χ3n) is 4.22. The second-order valence-electron chi connectivity index (χ2n) is 5.97. The number of nitrogens with one attached hydrogen (secondary N) is 1. The number of fused-ring (bicyclic) bond motifs is 1. The highest BCUT2D eigenvalue weighted by atomic mass is 16.3. The summed E-state index contributed by atoms with van der Waals surface area (Å²) < 4.78 is 0. The van der Waals surface area contributed by atoms with Crippen LogP contribution in [0, 0.1) is 0 Å². The molecule has 0 spiro atoms. The Morgan fingerprint density at radius 3 is 2.58 bits per heavy atom. The normalized spacial score (nSPS) is 18.5. The smallest absolute Gasteiger partial charge is 0.261 e. The standard InChI is InChI=1S/C17H19N3O4/c1-11(21)19-6-7-20(10-13(22)9-19)17(24)14-8-12-4-2-3-5-15(12)18-16(14)23/h2-5,8,13,22H,6-7,9-10H2,1H3,(H,18,23)/t13-/m0/s1. The van der Waals surface area contributed by atoms with Gasteiger partial charge in [-0.3, -0.25) is 14.4 Å². The van der Waals surface area contributed by atoms with Crippen molar-refractivity contribution in [1.82, 2.24) is 14.8 Å². The van der Waals surface area contributed by atoms with E-state index in [0.29, 0.717) is 12.1 Å². The van der Waals surface area contributed by atoms with Gasteiger partial charge in [0, 0.05) is 38.6 Å². The monoisotopic (exact) mass is 329 g/mol. The van der Waals surface area contributed by atoms with Gasteiger partial charge in [-0.15, -0.1) is 0 Å². The fraction of sp³-hybridized carbons (Fsp3) is 0.353. The van der Waals surface area contributed by atoms with Crippen LogP contribution < -0.4 is 5.56 Å². The number of nitrogens with zero attached hydrogens (tertiary/aromatic N) is 2. The summed E-state index contributed by atoms with van der Waals surface area (Å²) in [7, 11) is 0. The van der Waals surface area contributed by atoms with Gasteiger partial charge < -0.3 is 19.9 Å². The van der Waals surface area contributed by atoms with Crippen molar-refractivity contribution in [2.75, 3.05) is 26.2 Å². The highest BCUT2D eigenvalue weighted by Gasteiger charge is 2.27. The third kappa shape index (κ3) is 3.16. The SMILES string of the molecule is CC(=O)N1CCN(C(=O)c2cc3ccccc3[nH]c2=O)C[C@@H](O)C1. The molecular weight excluding hydrogens is 310 g/mol. The average molecular weight is 329 g/mol. The topological polar surface area (TPSA) is 93.7 Å². The van der Waals surface area contributed by atoms with Gasteiger partial charge in [-0.05, 0) is 17.5 Å². The van der Waals surface area contributed by atoms with Crippen LogP contribution in [0.3, 0.4) is 0 Å². The minimum absolute atomic E-state index is 0.0391. The largest absolute Gasteiger partial charge is 0.389 e. The Labute approximate surface area is 138 Å². The summed E-state index contributed by atoms with van der Waals surface area (Å²) in [6.07, 6.45) is -0.833. The molecule has 1 aromatic heterocycles. The summed E-state index contributed by atoms with van der Waals surface area (Å²) in [5, 5.41) is 10.8. The van der Waals surface area contributed by atoms with Crippen molar-refractivity contribution in [3.05, 3.63) is 46.2 Å². The molecule has 0 unspecified atom stereocenters. The number of carbonyl (C=O) groups excluding carboxylic acids is 2. The molecule has 2 N–H and O–H groups in total. The lowest BCUT2D eigenvalue weighted by Gasteiger charge is -2.21. The number of amides is 2. The summed E-state index contributed by atoms with van der Waals surface area (Å²) in [4.78, 5) is 42.1. The maximum atomic E-state index is 12.7. The number of carbonyl (C=O) groups is 2. The number of aliphatic hydroxyl groups is 1. The minimum Gasteiger partial charge on any atom is -0.389 e. The van der Waals surface area contributed by atoms with E-state index in [1.165, 1.54) is 16.7 Å². The number of H-pyrrole nitrogens is 1. The molecule has 3 rings (SSSR count). The highest BCUT2D eigenvalue weighted by molar-refractivity contribution is 5.97. The molecule has 1 aliphatic heterocycles. The van der Waals surface area contributed by atoms with Crippen molar-refractivity contribution < 1.29 is 14.7 Å². The average Bonchev–Trinajstić information content (AvgIpc) is 2.75. The van der Waals surface area contributed by atoms with E-state index in [1.807, 2.05) is 12.1 Å². The first-order chi connectivity index (χ1) is 11.5. The van der Waals surface area contributed by atoms with E-state index in [4.69, 9.17) is 0 Å².